The monoisotopic (exact) mass is 463 g/mol. The Kier molecular flexibility index (Phi) is 7.47. The Morgan fingerprint density at radius 3 is 2.76 bits per heavy atom. The number of amides is 1. The second kappa shape index (κ2) is 9.51. The average molecular weight is 464 g/mol. The summed E-state index contributed by atoms with van der Waals surface area (Å²) in [5, 5.41) is 3.03. The normalized spacial score (nSPS) is 23.4. The van der Waals surface area contributed by atoms with Crippen LogP contribution in [-0.4, -0.2) is 87.7 Å². The van der Waals surface area contributed by atoms with Crippen LogP contribution >= 0.6 is 23.4 Å². The predicted molar refractivity (Wildman–Crippen MR) is 113 cm³/mol. The molecule has 2 saturated heterocycles. The fraction of sp³-hybridized carbons (Fsp3) is 0.611. The van der Waals surface area contributed by atoms with Crippen molar-refractivity contribution in [2.75, 3.05) is 58.5 Å². The van der Waals surface area contributed by atoms with E-state index in [1.54, 1.807) is 0 Å². The van der Waals surface area contributed by atoms with Crippen molar-refractivity contribution in [2.45, 2.75) is 16.9 Å². The standard InChI is InChI=1S/C18H26ClN3O5S2/c1-21(26-2)29(24,25)16-11-14(3-4-15(16)19)17(23)20-12-18(5-10-28-13-18)22-6-8-27-9-7-22/h3-4,11H,5-10,12-13H2,1-2H3,(H,20,23). The Bertz CT molecular complexity index is 840. The minimum Gasteiger partial charge on any atom is -0.379 e. The number of thioether (sulfide) groups is 1. The second-order valence-electron chi connectivity index (χ2n) is 7.05. The molecule has 29 heavy (non-hydrogen) atoms. The summed E-state index contributed by atoms with van der Waals surface area (Å²) in [6.45, 7) is 3.60. The van der Waals surface area contributed by atoms with Crippen molar-refractivity contribution >= 4 is 39.3 Å². The molecule has 0 saturated carbocycles. The molecule has 8 nitrogen and oxygen atoms in total. The Hall–Kier alpha value is -0.880. The molecular weight excluding hydrogens is 438 g/mol. The van der Waals surface area contributed by atoms with Crippen molar-refractivity contribution in [2.24, 2.45) is 0 Å². The number of halogens is 1. The zero-order valence-corrected chi connectivity index (χ0v) is 18.9. The Morgan fingerprint density at radius 2 is 2.14 bits per heavy atom. The van der Waals surface area contributed by atoms with Crippen molar-refractivity contribution in [1.82, 2.24) is 14.7 Å². The molecule has 162 valence electrons. The Morgan fingerprint density at radius 1 is 1.41 bits per heavy atom. The molecule has 2 heterocycles. The van der Waals surface area contributed by atoms with Crippen LogP contribution in [-0.2, 0) is 19.6 Å². The van der Waals surface area contributed by atoms with Crippen LogP contribution in [0.4, 0.5) is 0 Å². The molecule has 1 aromatic rings. The minimum atomic E-state index is -3.96. The first-order valence-corrected chi connectivity index (χ1v) is 12.3. The highest BCUT2D eigenvalue weighted by Gasteiger charge is 2.41. The van der Waals surface area contributed by atoms with Crippen molar-refractivity contribution in [3.05, 3.63) is 28.8 Å². The zero-order valence-electron chi connectivity index (χ0n) is 16.5. The maximum Gasteiger partial charge on any atom is 0.266 e. The molecule has 2 aliphatic heterocycles. The van der Waals surface area contributed by atoms with Crippen LogP contribution in [0.25, 0.3) is 0 Å². The lowest BCUT2D eigenvalue weighted by atomic mass is 9.95. The molecule has 1 aromatic carbocycles. The van der Waals surface area contributed by atoms with Crippen molar-refractivity contribution in [3.63, 3.8) is 0 Å². The van der Waals surface area contributed by atoms with Gasteiger partial charge in [-0.25, -0.2) is 8.42 Å². The van der Waals surface area contributed by atoms with Crippen molar-refractivity contribution in [3.8, 4) is 0 Å². The summed E-state index contributed by atoms with van der Waals surface area (Å²) in [6.07, 6.45) is 0.997. The summed E-state index contributed by atoms with van der Waals surface area (Å²) >= 11 is 7.96. The first kappa shape index (κ1) is 22.8. The highest BCUT2D eigenvalue weighted by Crippen LogP contribution is 2.34. The molecule has 1 N–H and O–H groups in total. The number of benzene rings is 1. The van der Waals surface area contributed by atoms with Gasteiger partial charge >= 0.3 is 0 Å². The maximum absolute atomic E-state index is 12.8. The van der Waals surface area contributed by atoms with Crippen LogP contribution in [0.5, 0.6) is 0 Å². The van der Waals surface area contributed by atoms with E-state index >= 15 is 0 Å². The topological polar surface area (TPSA) is 88.2 Å². The third kappa shape index (κ3) is 4.90. The van der Waals surface area contributed by atoms with Crippen LogP contribution in [0, 0.1) is 0 Å². The number of carbonyl (C=O) groups is 1. The van der Waals surface area contributed by atoms with Gasteiger partial charge in [-0.3, -0.25) is 14.5 Å². The molecule has 0 aromatic heterocycles. The summed E-state index contributed by atoms with van der Waals surface area (Å²) in [5.74, 6) is 1.68. The van der Waals surface area contributed by atoms with Gasteiger partial charge in [0.15, 0.2) is 0 Å². The quantitative estimate of drug-likeness (QED) is 0.612. The number of nitrogens with one attached hydrogen (secondary N) is 1. The smallest absolute Gasteiger partial charge is 0.266 e. The SMILES string of the molecule is CON(C)S(=O)(=O)c1cc(C(=O)NCC2(N3CCOCC3)CCSC2)ccc1Cl. The van der Waals surface area contributed by atoms with E-state index in [2.05, 4.69) is 10.2 Å². The zero-order chi connectivity index (χ0) is 21.1. The van der Waals surface area contributed by atoms with Crippen molar-refractivity contribution in [1.29, 1.82) is 0 Å². The summed E-state index contributed by atoms with van der Waals surface area (Å²) in [6, 6.07) is 4.22. The van der Waals surface area contributed by atoms with E-state index < -0.39 is 10.0 Å². The number of morpholine rings is 1. The van der Waals surface area contributed by atoms with Gasteiger partial charge < -0.3 is 10.1 Å². The second-order valence-corrected chi connectivity index (χ2v) is 10.5. The third-order valence-corrected chi connectivity index (χ3v) is 8.80. The van der Waals surface area contributed by atoms with Crippen LogP contribution < -0.4 is 5.32 Å². The molecule has 0 aliphatic carbocycles. The first-order chi connectivity index (χ1) is 13.8. The van der Waals surface area contributed by atoms with Gasteiger partial charge in [0.25, 0.3) is 15.9 Å². The molecular formula is C18H26ClN3O5S2. The molecule has 2 aliphatic rings. The summed E-state index contributed by atoms with van der Waals surface area (Å²) < 4.78 is 31.3. The van der Waals surface area contributed by atoms with Gasteiger partial charge in [-0.2, -0.15) is 11.8 Å². The maximum atomic E-state index is 12.8. The molecule has 1 atom stereocenters. The fourth-order valence-electron chi connectivity index (χ4n) is 3.56. The number of ether oxygens (including phenoxy) is 1. The van der Waals surface area contributed by atoms with Crippen LogP contribution in [0.3, 0.4) is 0 Å². The van der Waals surface area contributed by atoms with E-state index in [9.17, 15) is 13.2 Å². The minimum absolute atomic E-state index is 0.0300. The van der Waals surface area contributed by atoms with Gasteiger partial charge in [0, 0.05) is 43.5 Å². The predicted octanol–water partition coefficient (Wildman–Crippen LogP) is 1.46. The van der Waals surface area contributed by atoms with E-state index in [1.807, 2.05) is 11.8 Å². The molecule has 11 heteroatoms. The summed E-state index contributed by atoms with van der Waals surface area (Å²) in [5.41, 5.74) is 0.141. The van der Waals surface area contributed by atoms with Crippen molar-refractivity contribution < 1.29 is 22.8 Å². The number of nitrogens with zero attached hydrogens (tertiary/aromatic N) is 2. The molecule has 2 fully saturated rings. The third-order valence-electron chi connectivity index (χ3n) is 5.41. The highest BCUT2D eigenvalue weighted by molar-refractivity contribution is 7.99. The van der Waals surface area contributed by atoms with E-state index in [0.29, 0.717) is 24.2 Å². The van der Waals surface area contributed by atoms with Crippen LogP contribution in [0.15, 0.2) is 23.1 Å². The Labute approximate surface area is 180 Å². The van der Waals surface area contributed by atoms with Gasteiger partial charge in [0.05, 0.1) is 25.3 Å². The van der Waals surface area contributed by atoms with Gasteiger partial charge in [-0.1, -0.05) is 16.1 Å². The molecule has 3 rings (SSSR count). The van der Waals surface area contributed by atoms with Crippen LogP contribution in [0.2, 0.25) is 5.02 Å². The van der Waals surface area contributed by atoms with E-state index in [4.69, 9.17) is 21.2 Å². The number of hydroxylamine groups is 1. The average Bonchev–Trinajstić information content (AvgIpc) is 3.22. The number of sulfonamides is 1. The van der Waals surface area contributed by atoms with Gasteiger partial charge in [0.1, 0.15) is 4.90 Å². The van der Waals surface area contributed by atoms with Gasteiger partial charge in [-0.15, -0.1) is 0 Å². The molecule has 0 radical (unpaired) electrons. The molecule has 0 bridgehead atoms. The van der Waals surface area contributed by atoms with E-state index in [0.717, 1.165) is 31.0 Å². The Balaban J connectivity index is 1.76. The lowest BCUT2D eigenvalue weighted by Gasteiger charge is -2.43. The van der Waals surface area contributed by atoms with Gasteiger partial charge in [0.2, 0.25) is 0 Å². The molecule has 0 spiro atoms. The summed E-state index contributed by atoms with van der Waals surface area (Å²) in [4.78, 5) is 19.8. The first-order valence-electron chi connectivity index (χ1n) is 9.31. The lowest BCUT2D eigenvalue weighted by Crippen LogP contribution is -2.59. The van der Waals surface area contributed by atoms with Crippen LogP contribution in [0.1, 0.15) is 16.8 Å². The number of hydrogen-bond donors (Lipinski definition) is 1. The van der Waals surface area contributed by atoms with Gasteiger partial charge in [-0.05, 0) is 30.4 Å². The van der Waals surface area contributed by atoms with E-state index in [-0.39, 0.29) is 26.9 Å². The number of hydrogen-bond acceptors (Lipinski definition) is 7. The number of carbonyl (C=O) groups excluding carboxylic acids is 1. The number of rotatable bonds is 7. The molecule has 1 unspecified atom stereocenters. The largest absolute Gasteiger partial charge is 0.379 e. The summed E-state index contributed by atoms with van der Waals surface area (Å²) in [7, 11) is -1.45. The lowest BCUT2D eigenvalue weighted by molar-refractivity contribution is -0.0258. The molecule has 1 amide bonds. The van der Waals surface area contributed by atoms with E-state index in [1.165, 1.54) is 32.4 Å². The highest BCUT2D eigenvalue weighted by atomic mass is 35.5. The fourth-order valence-corrected chi connectivity index (χ4v) is 6.51.